The Morgan fingerprint density at radius 2 is 2.36 bits per heavy atom. The molecule has 0 aromatic carbocycles. The van der Waals surface area contributed by atoms with Crippen LogP contribution in [0.15, 0.2) is 24.5 Å². The summed E-state index contributed by atoms with van der Waals surface area (Å²) in [7, 11) is 0. The molecule has 0 saturated heterocycles. The van der Waals surface area contributed by atoms with Crippen molar-refractivity contribution in [1.29, 1.82) is 0 Å². The van der Waals surface area contributed by atoms with Crippen molar-refractivity contribution in [3.8, 4) is 0 Å². The van der Waals surface area contributed by atoms with Gasteiger partial charge in [-0.3, -0.25) is 4.98 Å². The van der Waals surface area contributed by atoms with Crippen LogP contribution in [0.2, 0.25) is 0 Å². The Labute approximate surface area is 85.0 Å². The summed E-state index contributed by atoms with van der Waals surface area (Å²) in [5.74, 6) is 0. The molecule has 1 aromatic rings. The topological polar surface area (TPSA) is 59.1 Å². The molecular formula is C11H18N2O. The van der Waals surface area contributed by atoms with Crippen molar-refractivity contribution in [1.82, 2.24) is 4.98 Å². The van der Waals surface area contributed by atoms with Gasteiger partial charge in [-0.15, -0.1) is 0 Å². The van der Waals surface area contributed by atoms with E-state index in [1.54, 1.807) is 6.20 Å². The van der Waals surface area contributed by atoms with E-state index >= 15 is 0 Å². The number of hydrogen-bond donors (Lipinski definition) is 2. The van der Waals surface area contributed by atoms with Gasteiger partial charge in [0.05, 0.1) is 0 Å². The van der Waals surface area contributed by atoms with Crippen molar-refractivity contribution in [3.63, 3.8) is 0 Å². The van der Waals surface area contributed by atoms with E-state index in [4.69, 9.17) is 10.8 Å². The van der Waals surface area contributed by atoms with E-state index in [1.807, 2.05) is 25.3 Å². The lowest BCUT2D eigenvalue weighted by Gasteiger charge is -2.33. The predicted octanol–water partition coefficient (Wildman–Crippen LogP) is 1.07. The van der Waals surface area contributed by atoms with E-state index < -0.39 is 0 Å². The van der Waals surface area contributed by atoms with Crippen molar-refractivity contribution in [2.45, 2.75) is 31.7 Å². The molecule has 2 atom stereocenters. The van der Waals surface area contributed by atoms with Gasteiger partial charge in [0.1, 0.15) is 0 Å². The van der Waals surface area contributed by atoms with Crippen molar-refractivity contribution >= 4 is 0 Å². The van der Waals surface area contributed by atoms with Crippen LogP contribution in [0.25, 0.3) is 0 Å². The van der Waals surface area contributed by atoms with Crippen LogP contribution in [0.5, 0.6) is 0 Å². The molecule has 0 fully saturated rings. The van der Waals surface area contributed by atoms with Gasteiger partial charge in [-0.1, -0.05) is 13.0 Å². The summed E-state index contributed by atoms with van der Waals surface area (Å²) in [5.41, 5.74) is 6.85. The zero-order valence-corrected chi connectivity index (χ0v) is 8.77. The van der Waals surface area contributed by atoms with E-state index in [2.05, 4.69) is 11.9 Å². The molecule has 14 heavy (non-hydrogen) atoms. The monoisotopic (exact) mass is 194 g/mol. The Kier molecular flexibility index (Phi) is 3.61. The van der Waals surface area contributed by atoms with E-state index in [-0.39, 0.29) is 18.1 Å². The summed E-state index contributed by atoms with van der Waals surface area (Å²) in [6, 6.07) is 3.90. The minimum atomic E-state index is -0.191. The van der Waals surface area contributed by atoms with Gasteiger partial charge >= 0.3 is 0 Å². The minimum Gasteiger partial charge on any atom is -0.396 e. The average molecular weight is 194 g/mol. The van der Waals surface area contributed by atoms with Crippen molar-refractivity contribution in [2.24, 2.45) is 5.73 Å². The van der Waals surface area contributed by atoms with Crippen LogP contribution in [-0.2, 0) is 5.41 Å². The zero-order chi connectivity index (χ0) is 10.6. The number of rotatable bonds is 4. The van der Waals surface area contributed by atoms with Crippen LogP contribution in [0.4, 0.5) is 0 Å². The maximum atomic E-state index is 9.04. The van der Waals surface area contributed by atoms with E-state index in [0.29, 0.717) is 6.42 Å². The lowest BCUT2D eigenvalue weighted by Crippen LogP contribution is -2.41. The fourth-order valence-electron chi connectivity index (χ4n) is 1.57. The molecule has 3 heteroatoms. The molecule has 0 saturated carbocycles. The number of aliphatic hydroxyl groups is 1. The second kappa shape index (κ2) is 4.53. The second-order valence-corrected chi connectivity index (χ2v) is 3.92. The van der Waals surface area contributed by atoms with Gasteiger partial charge in [-0.2, -0.15) is 0 Å². The van der Waals surface area contributed by atoms with Gasteiger partial charge in [0.15, 0.2) is 0 Å². The third kappa shape index (κ3) is 2.11. The van der Waals surface area contributed by atoms with Crippen LogP contribution >= 0.6 is 0 Å². The molecule has 0 amide bonds. The lowest BCUT2D eigenvalue weighted by atomic mass is 9.75. The zero-order valence-electron chi connectivity index (χ0n) is 8.77. The van der Waals surface area contributed by atoms with Crippen LogP contribution in [-0.4, -0.2) is 22.7 Å². The maximum absolute atomic E-state index is 9.04. The molecule has 2 unspecified atom stereocenters. The first-order valence-electron chi connectivity index (χ1n) is 4.88. The van der Waals surface area contributed by atoms with Gasteiger partial charge in [0, 0.05) is 30.5 Å². The molecule has 0 bridgehead atoms. The number of nitrogens with zero attached hydrogens (tertiary/aromatic N) is 1. The Hall–Kier alpha value is -0.930. The third-order valence-corrected chi connectivity index (χ3v) is 2.96. The molecule has 1 aromatic heterocycles. The Balaban J connectivity index is 2.99. The van der Waals surface area contributed by atoms with E-state index in [9.17, 15) is 0 Å². The number of hydrogen-bond acceptors (Lipinski definition) is 3. The van der Waals surface area contributed by atoms with Crippen LogP contribution in [0.3, 0.4) is 0 Å². The molecule has 1 rings (SSSR count). The summed E-state index contributed by atoms with van der Waals surface area (Å²) in [6.45, 7) is 4.17. The molecule has 3 N–H and O–H groups in total. The fourth-order valence-corrected chi connectivity index (χ4v) is 1.57. The Bertz CT molecular complexity index is 274. The summed E-state index contributed by atoms with van der Waals surface area (Å²) in [5, 5.41) is 9.04. The molecule has 78 valence electrons. The highest BCUT2D eigenvalue weighted by molar-refractivity contribution is 5.22. The quantitative estimate of drug-likeness (QED) is 0.753. The first-order valence-corrected chi connectivity index (χ1v) is 4.88. The summed E-state index contributed by atoms with van der Waals surface area (Å²) < 4.78 is 0. The fraction of sp³-hybridized carbons (Fsp3) is 0.545. The first-order chi connectivity index (χ1) is 6.61. The van der Waals surface area contributed by atoms with E-state index in [0.717, 1.165) is 5.56 Å². The molecular weight excluding hydrogens is 176 g/mol. The molecule has 0 aliphatic carbocycles. The highest BCUT2D eigenvalue weighted by atomic mass is 16.3. The summed E-state index contributed by atoms with van der Waals surface area (Å²) in [6.07, 6.45) is 4.22. The molecule has 3 nitrogen and oxygen atoms in total. The second-order valence-electron chi connectivity index (χ2n) is 3.92. The van der Waals surface area contributed by atoms with E-state index in [1.165, 1.54) is 0 Å². The largest absolute Gasteiger partial charge is 0.396 e. The average Bonchev–Trinajstić information content (AvgIpc) is 2.19. The van der Waals surface area contributed by atoms with Gasteiger partial charge in [-0.05, 0) is 25.0 Å². The maximum Gasteiger partial charge on any atom is 0.0440 e. The Morgan fingerprint density at radius 1 is 1.64 bits per heavy atom. The lowest BCUT2D eigenvalue weighted by molar-refractivity contribution is 0.229. The van der Waals surface area contributed by atoms with Gasteiger partial charge < -0.3 is 10.8 Å². The molecule has 1 heterocycles. The van der Waals surface area contributed by atoms with Crippen LogP contribution in [0.1, 0.15) is 25.8 Å². The van der Waals surface area contributed by atoms with Crippen LogP contribution < -0.4 is 5.73 Å². The predicted molar refractivity (Wildman–Crippen MR) is 56.9 cm³/mol. The number of pyridine rings is 1. The molecule has 0 radical (unpaired) electrons. The summed E-state index contributed by atoms with van der Waals surface area (Å²) in [4.78, 5) is 4.08. The smallest absolute Gasteiger partial charge is 0.0440 e. The van der Waals surface area contributed by atoms with Gasteiger partial charge in [-0.25, -0.2) is 0 Å². The number of aromatic nitrogens is 1. The van der Waals surface area contributed by atoms with Crippen LogP contribution in [0, 0.1) is 0 Å². The summed E-state index contributed by atoms with van der Waals surface area (Å²) >= 11 is 0. The van der Waals surface area contributed by atoms with Crippen molar-refractivity contribution in [3.05, 3.63) is 30.1 Å². The molecule has 0 aliphatic heterocycles. The highest BCUT2D eigenvalue weighted by Gasteiger charge is 2.30. The standard InChI is InChI=1S/C11H18N2O/c1-9(12)11(2,5-7-14)10-4-3-6-13-8-10/h3-4,6,8-9,14H,5,7,12H2,1-2H3. The van der Waals surface area contributed by atoms with Gasteiger partial charge in [0.25, 0.3) is 0 Å². The SMILES string of the molecule is CC(N)C(C)(CCO)c1cccnc1. The third-order valence-electron chi connectivity index (χ3n) is 2.96. The first kappa shape index (κ1) is 11.1. The number of nitrogens with two attached hydrogens (primary N) is 1. The molecule has 0 aliphatic rings. The molecule has 0 spiro atoms. The van der Waals surface area contributed by atoms with Crippen molar-refractivity contribution < 1.29 is 5.11 Å². The highest BCUT2D eigenvalue weighted by Crippen LogP contribution is 2.29. The minimum absolute atomic E-state index is 0.00106. The number of aliphatic hydroxyl groups excluding tert-OH is 1. The van der Waals surface area contributed by atoms with Gasteiger partial charge in [0.2, 0.25) is 0 Å². The normalized spacial score (nSPS) is 17.4. The van der Waals surface area contributed by atoms with Crippen molar-refractivity contribution in [2.75, 3.05) is 6.61 Å². The Morgan fingerprint density at radius 3 is 2.79 bits per heavy atom.